The van der Waals surface area contributed by atoms with E-state index in [9.17, 15) is 23.2 Å². The fraction of sp³-hybridized carbons (Fsp3) is 0.0455. The number of hydrogen-bond acceptors (Lipinski definition) is 2. The van der Waals surface area contributed by atoms with Gasteiger partial charge in [-0.1, -0.05) is 29.8 Å². The van der Waals surface area contributed by atoms with Crippen molar-refractivity contribution in [3.63, 3.8) is 0 Å². The van der Waals surface area contributed by atoms with Gasteiger partial charge in [-0.25, -0.2) is 4.79 Å². The van der Waals surface area contributed by atoms with E-state index in [-0.39, 0.29) is 10.8 Å². The summed E-state index contributed by atoms with van der Waals surface area (Å²) < 4.78 is 41.0. The number of hydrogen-bond donors (Lipinski definition) is 2. The summed E-state index contributed by atoms with van der Waals surface area (Å²) in [4.78, 5) is 12.3. The number of nitrogens with zero attached hydrogens (tertiary/aromatic N) is 2. The normalized spacial score (nSPS) is 11.5. The first-order chi connectivity index (χ1) is 14.7. The standard InChI is InChI=1S/C22H15ClF3N3O2/c23-19-10-9-17(13-18(19)22(24,25)26)29(31)21(30)27-15-5-7-16(8-6-15)28-12-11-14-3-1-2-4-20(14)28/h1-13,31H,(H,27,30). The number of anilines is 2. The van der Waals surface area contributed by atoms with E-state index in [0.29, 0.717) is 11.8 Å². The average molecular weight is 446 g/mol. The molecule has 0 fully saturated rings. The maximum atomic E-state index is 13.0. The van der Waals surface area contributed by atoms with E-state index in [0.717, 1.165) is 28.7 Å². The molecule has 2 N–H and O–H groups in total. The molecule has 1 heterocycles. The third-order valence-electron chi connectivity index (χ3n) is 4.69. The Labute approximate surface area is 179 Å². The fourth-order valence-corrected chi connectivity index (χ4v) is 3.39. The highest BCUT2D eigenvalue weighted by atomic mass is 35.5. The van der Waals surface area contributed by atoms with Crippen LogP contribution in [0.1, 0.15) is 5.56 Å². The van der Waals surface area contributed by atoms with Crippen molar-refractivity contribution in [3.05, 3.63) is 89.6 Å². The van der Waals surface area contributed by atoms with Crippen LogP contribution in [0.4, 0.5) is 29.3 Å². The van der Waals surface area contributed by atoms with Crippen molar-refractivity contribution in [2.45, 2.75) is 6.18 Å². The average Bonchev–Trinajstić information content (AvgIpc) is 3.17. The number of urea groups is 1. The topological polar surface area (TPSA) is 57.5 Å². The van der Waals surface area contributed by atoms with Crippen LogP contribution in [-0.2, 0) is 6.18 Å². The third-order valence-corrected chi connectivity index (χ3v) is 5.02. The van der Waals surface area contributed by atoms with Crippen LogP contribution < -0.4 is 10.4 Å². The number of amides is 2. The lowest BCUT2D eigenvalue weighted by Gasteiger charge is -2.18. The lowest BCUT2D eigenvalue weighted by Crippen LogP contribution is -2.32. The lowest BCUT2D eigenvalue weighted by molar-refractivity contribution is -0.137. The van der Waals surface area contributed by atoms with Crippen LogP contribution >= 0.6 is 11.6 Å². The lowest BCUT2D eigenvalue weighted by atomic mass is 10.2. The van der Waals surface area contributed by atoms with Crippen molar-refractivity contribution >= 4 is 39.9 Å². The number of halogens is 4. The molecule has 0 saturated carbocycles. The van der Waals surface area contributed by atoms with E-state index in [2.05, 4.69) is 5.32 Å². The van der Waals surface area contributed by atoms with Gasteiger partial charge in [0.05, 0.1) is 21.8 Å². The number of carbonyl (C=O) groups excluding carboxylic acids is 1. The predicted molar refractivity (Wildman–Crippen MR) is 113 cm³/mol. The molecule has 0 aliphatic heterocycles. The monoisotopic (exact) mass is 445 g/mol. The van der Waals surface area contributed by atoms with Crippen molar-refractivity contribution in [2.75, 3.05) is 10.4 Å². The Morgan fingerprint density at radius 3 is 2.42 bits per heavy atom. The highest BCUT2D eigenvalue weighted by Crippen LogP contribution is 2.36. The van der Waals surface area contributed by atoms with Crippen LogP contribution in [0.5, 0.6) is 0 Å². The van der Waals surface area contributed by atoms with E-state index < -0.39 is 22.8 Å². The van der Waals surface area contributed by atoms with E-state index in [1.54, 1.807) is 24.3 Å². The molecule has 0 aliphatic carbocycles. The molecule has 4 rings (SSSR count). The van der Waals surface area contributed by atoms with Gasteiger partial charge in [0, 0.05) is 17.6 Å². The van der Waals surface area contributed by atoms with Gasteiger partial charge in [0.2, 0.25) is 0 Å². The molecule has 3 aromatic carbocycles. The number of carbonyl (C=O) groups is 1. The second-order valence-corrected chi connectivity index (χ2v) is 7.10. The highest BCUT2D eigenvalue weighted by Gasteiger charge is 2.34. The summed E-state index contributed by atoms with van der Waals surface area (Å²) in [6.45, 7) is 0. The van der Waals surface area contributed by atoms with Gasteiger partial charge in [-0.05, 0) is 60.0 Å². The summed E-state index contributed by atoms with van der Waals surface area (Å²) >= 11 is 5.57. The van der Waals surface area contributed by atoms with Gasteiger partial charge < -0.3 is 9.88 Å². The maximum Gasteiger partial charge on any atom is 0.417 e. The Morgan fingerprint density at radius 2 is 1.71 bits per heavy atom. The van der Waals surface area contributed by atoms with Gasteiger partial charge in [0.15, 0.2) is 0 Å². The number of para-hydroxylation sites is 1. The van der Waals surface area contributed by atoms with E-state index in [1.807, 2.05) is 41.1 Å². The molecule has 0 unspecified atom stereocenters. The molecule has 0 atom stereocenters. The van der Waals surface area contributed by atoms with Crippen molar-refractivity contribution in [1.29, 1.82) is 0 Å². The molecule has 9 heteroatoms. The number of fused-ring (bicyclic) bond motifs is 1. The number of alkyl halides is 3. The third kappa shape index (κ3) is 4.21. The van der Waals surface area contributed by atoms with Crippen LogP contribution in [-0.4, -0.2) is 15.8 Å². The van der Waals surface area contributed by atoms with Crippen molar-refractivity contribution in [1.82, 2.24) is 4.57 Å². The summed E-state index contributed by atoms with van der Waals surface area (Å²) in [5.74, 6) is 0. The molecule has 5 nitrogen and oxygen atoms in total. The number of benzene rings is 3. The maximum absolute atomic E-state index is 13.0. The highest BCUT2D eigenvalue weighted by molar-refractivity contribution is 6.31. The number of aromatic nitrogens is 1. The van der Waals surface area contributed by atoms with Gasteiger partial charge in [-0.3, -0.25) is 5.21 Å². The van der Waals surface area contributed by atoms with Gasteiger partial charge >= 0.3 is 12.2 Å². The number of nitrogens with one attached hydrogen (secondary N) is 1. The first-order valence-corrected chi connectivity index (χ1v) is 9.45. The Balaban J connectivity index is 1.51. The largest absolute Gasteiger partial charge is 0.417 e. The molecule has 31 heavy (non-hydrogen) atoms. The van der Waals surface area contributed by atoms with Gasteiger partial charge in [-0.2, -0.15) is 18.2 Å². The van der Waals surface area contributed by atoms with E-state index >= 15 is 0 Å². The van der Waals surface area contributed by atoms with Crippen molar-refractivity contribution < 1.29 is 23.2 Å². The second-order valence-electron chi connectivity index (χ2n) is 6.70. The Morgan fingerprint density at radius 1 is 1.00 bits per heavy atom. The van der Waals surface area contributed by atoms with Gasteiger partial charge in [0.1, 0.15) is 0 Å². The van der Waals surface area contributed by atoms with Crippen molar-refractivity contribution in [2.24, 2.45) is 0 Å². The first kappa shape index (κ1) is 20.8. The Bertz CT molecular complexity index is 1250. The quantitative estimate of drug-likeness (QED) is 0.271. The van der Waals surface area contributed by atoms with Crippen LogP contribution in [0.25, 0.3) is 16.6 Å². The zero-order chi connectivity index (χ0) is 22.2. The summed E-state index contributed by atoms with van der Waals surface area (Å²) in [7, 11) is 0. The predicted octanol–water partition coefficient (Wildman–Crippen LogP) is 6.73. The van der Waals surface area contributed by atoms with Gasteiger partial charge in [-0.15, -0.1) is 0 Å². The summed E-state index contributed by atoms with van der Waals surface area (Å²) in [6, 6.07) is 18.3. The van der Waals surface area contributed by atoms with Gasteiger partial charge in [0.25, 0.3) is 0 Å². The van der Waals surface area contributed by atoms with Crippen LogP contribution in [0, 0.1) is 0 Å². The van der Waals surface area contributed by atoms with Crippen LogP contribution in [0.2, 0.25) is 5.02 Å². The zero-order valence-electron chi connectivity index (χ0n) is 15.8. The Kier molecular flexibility index (Phi) is 5.34. The minimum Gasteiger partial charge on any atom is -0.317 e. The minimum absolute atomic E-state index is 0.0962. The molecule has 0 bridgehead atoms. The molecular weight excluding hydrogens is 431 g/mol. The molecule has 2 amide bonds. The van der Waals surface area contributed by atoms with Crippen molar-refractivity contribution in [3.8, 4) is 5.69 Å². The summed E-state index contributed by atoms with van der Waals surface area (Å²) in [5.41, 5.74) is 0.706. The van der Waals surface area contributed by atoms with E-state index in [1.165, 1.54) is 0 Å². The summed E-state index contributed by atoms with van der Waals surface area (Å²) in [6.07, 6.45) is -2.80. The van der Waals surface area contributed by atoms with Crippen LogP contribution in [0.3, 0.4) is 0 Å². The fourth-order valence-electron chi connectivity index (χ4n) is 3.17. The molecule has 0 saturated heterocycles. The Hall–Kier alpha value is -3.49. The molecule has 0 aliphatic rings. The van der Waals surface area contributed by atoms with E-state index in [4.69, 9.17) is 11.6 Å². The first-order valence-electron chi connectivity index (χ1n) is 9.07. The molecule has 4 aromatic rings. The second kappa shape index (κ2) is 7.98. The number of rotatable bonds is 3. The molecule has 158 valence electrons. The number of hydroxylamine groups is 1. The smallest absolute Gasteiger partial charge is 0.317 e. The minimum atomic E-state index is -4.72. The molecule has 0 radical (unpaired) electrons. The zero-order valence-corrected chi connectivity index (χ0v) is 16.5. The molecule has 0 spiro atoms. The molecular formula is C22H15ClF3N3O2. The molecule has 1 aromatic heterocycles. The SMILES string of the molecule is O=C(Nc1ccc(-n2ccc3ccccc32)cc1)N(O)c1ccc(Cl)c(C(F)(F)F)c1. The summed E-state index contributed by atoms with van der Waals surface area (Å²) in [5, 5.41) is 13.1. The van der Waals surface area contributed by atoms with Crippen LogP contribution in [0.15, 0.2) is 79.0 Å².